The fraction of sp³-hybridized carbons (Fsp3) is 0.190. The predicted octanol–water partition coefficient (Wildman–Crippen LogP) is 3.25. The van der Waals surface area contributed by atoms with Crippen molar-refractivity contribution in [2.45, 2.75) is 23.2 Å². The van der Waals surface area contributed by atoms with Crippen LogP contribution in [0.2, 0.25) is 0 Å². The monoisotopic (exact) mass is 409 g/mol. The number of nitrogens with one attached hydrogen (secondary N) is 2. The van der Waals surface area contributed by atoms with E-state index in [2.05, 4.69) is 15.3 Å². The number of aromatic nitrogens is 2. The number of ether oxygens (including phenoxy) is 1. The van der Waals surface area contributed by atoms with Gasteiger partial charge < -0.3 is 20.1 Å². The number of amides is 1. The van der Waals surface area contributed by atoms with Crippen molar-refractivity contribution in [2.75, 3.05) is 12.4 Å². The van der Waals surface area contributed by atoms with E-state index in [-0.39, 0.29) is 29.5 Å². The molecule has 0 unspecified atom stereocenters. The van der Waals surface area contributed by atoms with Crippen LogP contribution in [0.5, 0.6) is 11.5 Å². The number of H-pyrrole nitrogens is 1. The van der Waals surface area contributed by atoms with Crippen molar-refractivity contribution in [1.82, 2.24) is 9.97 Å². The van der Waals surface area contributed by atoms with Crippen molar-refractivity contribution < 1.29 is 14.6 Å². The van der Waals surface area contributed by atoms with Crippen LogP contribution in [-0.4, -0.2) is 28.1 Å². The number of aromatic hydroxyl groups is 1. The Labute approximate surface area is 171 Å². The summed E-state index contributed by atoms with van der Waals surface area (Å²) in [6, 6.07) is 14.7. The van der Waals surface area contributed by atoms with E-state index in [1.165, 1.54) is 24.9 Å². The predicted molar refractivity (Wildman–Crippen MR) is 111 cm³/mol. The van der Waals surface area contributed by atoms with Crippen molar-refractivity contribution in [1.29, 1.82) is 0 Å². The largest absolute Gasteiger partial charge is 0.504 e. The van der Waals surface area contributed by atoms with Crippen molar-refractivity contribution in [3.63, 3.8) is 0 Å². The summed E-state index contributed by atoms with van der Waals surface area (Å²) >= 11 is 1.39. The lowest BCUT2D eigenvalue weighted by atomic mass is 9.86. The van der Waals surface area contributed by atoms with Crippen molar-refractivity contribution in [3.8, 4) is 11.5 Å². The summed E-state index contributed by atoms with van der Waals surface area (Å²) in [5.41, 5.74) is 1.84. The average molecular weight is 409 g/mol. The van der Waals surface area contributed by atoms with E-state index in [9.17, 15) is 14.7 Å². The zero-order valence-electron chi connectivity index (χ0n) is 15.6. The quantitative estimate of drug-likeness (QED) is 0.441. The first-order valence-electron chi connectivity index (χ1n) is 9.03. The highest BCUT2D eigenvalue weighted by Gasteiger charge is 2.31. The number of hydrogen-bond donors (Lipinski definition) is 3. The number of aromatic amines is 1. The van der Waals surface area contributed by atoms with Gasteiger partial charge in [0.05, 0.1) is 12.7 Å². The maximum Gasteiger partial charge on any atom is 0.257 e. The highest BCUT2D eigenvalue weighted by atomic mass is 32.2. The van der Waals surface area contributed by atoms with Crippen LogP contribution in [0.25, 0.3) is 0 Å². The summed E-state index contributed by atoms with van der Waals surface area (Å²) in [4.78, 5) is 32.4. The van der Waals surface area contributed by atoms with Crippen LogP contribution in [-0.2, 0) is 10.5 Å². The second kappa shape index (κ2) is 8.00. The molecule has 1 aliphatic heterocycles. The molecule has 29 heavy (non-hydrogen) atoms. The van der Waals surface area contributed by atoms with Crippen LogP contribution in [0.3, 0.4) is 0 Å². The third-order valence-electron chi connectivity index (χ3n) is 4.75. The molecule has 0 saturated heterocycles. The van der Waals surface area contributed by atoms with E-state index in [0.717, 1.165) is 5.56 Å². The van der Waals surface area contributed by atoms with Crippen LogP contribution in [0.1, 0.15) is 29.0 Å². The molecular formula is C21H19N3O4S. The number of anilines is 1. The van der Waals surface area contributed by atoms with Gasteiger partial charge >= 0.3 is 0 Å². The van der Waals surface area contributed by atoms with Gasteiger partial charge in [-0.15, -0.1) is 0 Å². The van der Waals surface area contributed by atoms with E-state index in [1.54, 1.807) is 12.1 Å². The minimum atomic E-state index is -0.500. The molecule has 0 aliphatic carbocycles. The summed E-state index contributed by atoms with van der Waals surface area (Å²) in [5, 5.41) is 13.2. The van der Waals surface area contributed by atoms with E-state index in [0.29, 0.717) is 27.8 Å². The van der Waals surface area contributed by atoms with E-state index < -0.39 is 5.92 Å². The molecule has 0 saturated carbocycles. The molecule has 1 amide bonds. The first-order valence-corrected chi connectivity index (χ1v) is 10.0. The highest BCUT2D eigenvalue weighted by Crippen LogP contribution is 2.38. The Morgan fingerprint density at radius 2 is 2.00 bits per heavy atom. The van der Waals surface area contributed by atoms with Crippen LogP contribution < -0.4 is 15.6 Å². The summed E-state index contributed by atoms with van der Waals surface area (Å²) in [5.74, 6) is 0.466. The lowest BCUT2D eigenvalue weighted by Gasteiger charge is -2.24. The van der Waals surface area contributed by atoms with Gasteiger partial charge in [0.25, 0.3) is 5.56 Å². The van der Waals surface area contributed by atoms with E-state index >= 15 is 0 Å². The molecule has 3 aromatic rings. The standard InChI is InChI=1S/C21H19N3O4S/c1-28-16-8-7-13(9-15(16)25)14-10-17(26)22-19-18(14)20(27)24-21(23-19)29-11-12-5-3-2-4-6-12/h2-9,14,25H,10-11H2,1H3,(H2,22,23,24,26,27)/t14-/m0/s1. The molecule has 1 aliphatic rings. The number of fused-ring (bicyclic) bond motifs is 1. The van der Waals surface area contributed by atoms with Crippen molar-refractivity contribution in [3.05, 3.63) is 75.6 Å². The van der Waals surface area contributed by atoms with Crippen LogP contribution >= 0.6 is 11.8 Å². The lowest BCUT2D eigenvalue weighted by molar-refractivity contribution is -0.116. The van der Waals surface area contributed by atoms with Crippen molar-refractivity contribution in [2.24, 2.45) is 0 Å². The first-order chi connectivity index (χ1) is 14.0. The number of phenolic OH excluding ortho intramolecular Hbond substituents is 1. The van der Waals surface area contributed by atoms with Gasteiger partial charge in [-0.05, 0) is 23.3 Å². The first kappa shape index (κ1) is 19.1. The SMILES string of the molecule is COc1ccc([C@@H]2CC(=O)Nc3nc(SCc4ccccc4)[nH]c(=O)c32)cc1O. The molecule has 2 heterocycles. The van der Waals surface area contributed by atoms with Crippen LogP contribution in [0, 0.1) is 0 Å². The third kappa shape index (κ3) is 3.97. The molecule has 1 aromatic heterocycles. The number of thioether (sulfide) groups is 1. The Bertz CT molecular complexity index is 1110. The second-order valence-corrected chi connectivity index (χ2v) is 7.61. The minimum Gasteiger partial charge on any atom is -0.504 e. The fourth-order valence-corrected chi connectivity index (χ4v) is 4.17. The molecule has 2 aromatic carbocycles. The number of carbonyl (C=O) groups is 1. The zero-order valence-corrected chi connectivity index (χ0v) is 16.5. The summed E-state index contributed by atoms with van der Waals surface area (Å²) < 4.78 is 5.07. The summed E-state index contributed by atoms with van der Waals surface area (Å²) in [6.07, 6.45) is 0.0973. The molecule has 8 heteroatoms. The normalized spacial score (nSPS) is 15.5. The number of carbonyl (C=O) groups excluding carboxylic acids is 1. The van der Waals surface area contributed by atoms with Gasteiger partial charge in [-0.2, -0.15) is 0 Å². The molecule has 7 nitrogen and oxygen atoms in total. The number of benzene rings is 2. The topological polar surface area (TPSA) is 104 Å². The number of phenols is 1. The molecule has 148 valence electrons. The van der Waals surface area contributed by atoms with Gasteiger partial charge in [0, 0.05) is 18.1 Å². The highest BCUT2D eigenvalue weighted by molar-refractivity contribution is 7.98. The van der Waals surface area contributed by atoms with Crippen molar-refractivity contribution >= 4 is 23.5 Å². The van der Waals surface area contributed by atoms with Gasteiger partial charge in [-0.3, -0.25) is 9.59 Å². The zero-order chi connectivity index (χ0) is 20.4. The molecule has 3 N–H and O–H groups in total. The summed E-state index contributed by atoms with van der Waals surface area (Å²) in [7, 11) is 1.46. The molecule has 0 spiro atoms. The maximum atomic E-state index is 12.8. The fourth-order valence-electron chi connectivity index (χ4n) is 3.35. The van der Waals surface area contributed by atoms with Gasteiger partial charge in [0.1, 0.15) is 5.82 Å². The van der Waals surface area contributed by atoms with Crippen LogP contribution in [0.15, 0.2) is 58.5 Å². The Hall–Kier alpha value is -3.26. The van der Waals surface area contributed by atoms with E-state index in [1.807, 2.05) is 30.3 Å². The Morgan fingerprint density at radius 3 is 2.72 bits per heavy atom. The van der Waals surface area contributed by atoms with Gasteiger partial charge in [0.15, 0.2) is 16.7 Å². The Balaban J connectivity index is 1.67. The second-order valence-electron chi connectivity index (χ2n) is 6.64. The molecular weight excluding hydrogens is 390 g/mol. The number of methoxy groups -OCH3 is 1. The molecule has 1 atom stereocenters. The Morgan fingerprint density at radius 1 is 1.21 bits per heavy atom. The molecule has 0 radical (unpaired) electrons. The Kier molecular flexibility index (Phi) is 5.26. The number of hydrogen-bond acceptors (Lipinski definition) is 6. The lowest BCUT2D eigenvalue weighted by Crippen LogP contribution is -2.31. The van der Waals surface area contributed by atoms with E-state index in [4.69, 9.17) is 4.74 Å². The summed E-state index contributed by atoms with van der Waals surface area (Å²) in [6.45, 7) is 0. The maximum absolute atomic E-state index is 12.8. The molecule has 0 fully saturated rings. The van der Waals surface area contributed by atoms with Gasteiger partial charge in [-0.25, -0.2) is 4.98 Å². The van der Waals surface area contributed by atoms with Crippen LogP contribution in [0.4, 0.5) is 5.82 Å². The molecule has 0 bridgehead atoms. The van der Waals surface area contributed by atoms with Gasteiger partial charge in [-0.1, -0.05) is 48.2 Å². The van der Waals surface area contributed by atoms with Gasteiger partial charge in [0.2, 0.25) is 5.91 Å². The minimum absolute atomic E-state index is 0.0445. The smallest absolute Gasteiger partial charge is 0.257 e. The number of rotatable bonds is 5. The molecule has 4 rings (SSSR count). The average Bonchev–Trinajstić information content (AvgIpc) is 2.72. The third-order valence-corrected chi connectivity index (χ3v) is 5.70. The number of nitrogens with zero attached hydrogens (tertiary/aromatic N) is 1.